The quantitative estimate of drug-likeness (QED) is 0.672. The summed E-state index contributed by atoms with van der Waals surface area (Å²) in [5, 5.41) is 0. The van der Waals surface area contributed by atoms with E-state index in [1.807, 2.05) is 0 Å². The molecule has 4 nitrogen and oxygen atoms in total. The van der Waals surface area contributed by atoms with Crippen molar-refractivity contribution in [3.63, 3.8) is 0 Å². The zero-order valence-corrected chi connectivity index (χ0v) is 7.94. The number of nitrogens with zero attached hydrogens (tertiary/aromatic N) is 1. The zero-order chi connectivity index (χ0) is 9.80. The van der Waals surface area contributed by atoms with Crippen molar-refractivity contribution in [1.82, 2.24) is 4.98 Å². The van der Waals surface area contributed by atoms with Crippen LogP contribution in [0.25, 0.3) is 0 Å². The molecule has 76 valence electrons. The van der Waals surface area contributed by atoms with Crippen molar-refractivity contribution >= 4 is 6.29 Å². The second-order valence-corrected chi connectivity index (χ2v) is 3.52. The largest absolute Gasteiger partial charge is 0.445 e. The molecular weight excluding hydrogens is 182 g/mol. The molecule has 0 amide bonds. The molecule has 0 N–H and O–H groups in total. The Labute approximate surface area is 82.3 Å². The smallest absolute Gasteiger partial charge is 0.194 e. The van der Waals surface area contributed by atoms with Crippen LogP contribution in [0.3, 0.4) is 0 Å². The first kappa shape index (κ1) is 9.40. The molecule has 1 aromatic heterocycles. The second kappa shape index (κ2) is 4.37. The van der Waals surface area contributed by atoms with E-state index in [2.05, 4.69) is 4.98 Å². The maximum atomic E-state index is 10.2. The lowest BCUT2D eigenvalue weighted by atomic mass is 10.1. The van der Waals surface area contributed by atoms with Gasteiger partial charge in [0.2, 0.25) is 0 Å². The Balaban J connectivity index is 1.91. The van der Waals surface area contributed by atoms with Crippen LogP contribution in [0.1, 0.15) is 18.1 Å². The highest BCUT2D eigenvalue weighted by atomic mass is 16.5. The Morgan fingerprint density at radius 2 is 2.57 bits per heavy atom. The number of ether oxygens (including phenoxy) is 1. The molecule has 1 aliphatic rings. The molecule has 1 fully saturated rings. The van der Waals surface area contributed by atoms with Gasteiger partial charge in [0.15, 0.2) is 5.89 Å². The van der Waals surface area contributed by atoms with Gasteiger partial charge in [-0.25, -0.2) is 4.98 Å². The van der Waals surface area contributed by atoms with E-state index in [0.717, 1.165) is 38.2 Å². The normalized spacial score (nSPS) is 21.3. The van der Waals surface area contributed by atoms with Gasteiger partial charge in [-0.1, -0.05) is 0 Å². The van der Waals surface area contributed by atoms with Crippen molar-refractivity contribution in [2.75, 3.05) is 13.2 Å². The molecule has 0 spiro atoms. The van der Waals surface area contributed by atoms with Gasteiger partial charge in [-0.2, -0.15) is 0 Å². The number of aldehydes is 1. The van der Waals surface area contributed by atoms with Gasteiger partial charge in [0.05, 0.1) is 12.6 Å². The van der Waals surface area contributed by atoms with Crippen LogP contribution in [0, 0.1) is 5.92 Å². The molecule has 0 bridgehead atoms. The molecule has 1 aliphatic heterocycles. The van der Waals surface area contributed by atoms with Crippen LogP contribution in [-0.2, 0) is 22.4 Å². The van der Waals surface area contributed by atoms with Gasteiger partial charge in [-0.3, -0.25) is 0 Å². The van der Waals surface area contributed by atoms with E-state index in [0.29, 0.717) is 18.1 Å². The van der Waals surface area contributed by atoms with E-state index in [1.54, 1.807) is 6.20 Å². The number of aromatic nitrogens is 1. The van der Waals surface area contributed by atoms with Crippen LogP contribution in [0.4, 0.5) is 0 Å². The van der Waals surface area contributed by atoms with E-state index in [9.17, 15) is 4.79 Å². The third kappa shape index (κ3) is 2.20. The fraction of sp³-hybridized carbons (Fsp3) is 0.600. The molecule has 1 atom stereocenters. The lowest BCUT2D eigenvalue weighted by Crippen LogP contribution is -2.03. The second-order valence-electron chi connectivity index (χ2n) is 3.52. The van der Waals surface area contributed by atoms with Crippen molar-refractivity contribution in [3.8, 4) is 0 Å². The van der Waals surface area contributed by atoms with Gasteiger partial charge in [0.25, 0.3) is 0 Å². The van der Waals surface area contributed by atoms with Crippen LogP contribution < -0.4 is 0 Å². The highest BCUT2D eigenvalue weighted by Gasteiger charge is 2.18. The Kier molecular flexibility index (Phi) is 2.93. The number of hydrogen-bond acceptors (Lipinski definition) is 4. The molecule has 0 radical (unpaired) electrons. The predicted molar refractivity (Wildman–Crippen MR) is 48.9 cm³/mol. The summed E-state index contributed by atoms with van der Waals surface area (Å²) in [5.41, 5.74) is 0. The maximum absolute atomic E-state index is 10.2. The minimum absolute atomic E-state index is 0.314. The SMILES string of the molecule is O=CCc1cnc(CC2CCOC2)o1. The highest BCUT2D eigenvalue weighted by molar-refractivity contribution is 5.52. The van der Waals surface area contributed by atoms with Crippen LogP contribution >= 0.6 is 0 Å². The van der Waals surface area contributed by atoms with Crippen molar-refractivity contribution in [3.05, 3.63) is 17.8 Å². The van der Waals surface area contributed by atoms with E-state index in [-0.39, 0.29) is 0 Å². The summed E-state index contributed by atoms with van der Waals surface area (Å²) in [5.74, 6) is 1.89. The first-order valence-electron chi connectivity index (χ1n) is 4.83. The van der Waals surface area contributed by atoms with Crippen molar-refractivity contribution < 1.29 is 13.9 Å². The van der Waals surface area contributed by atoms with Crippen molar-refractivity contribution in [2.45, 2.75) is 19.3 Å². The first-order chi connectivity index (χ1) is 6.88. The van der Waals surface area contributed by atoms with Gasteiger partial charge in [0.1, 0.15) is 12.0 Å². The lowest BCUT2D eigenvalue weighted by molar-refractivity contribution is -0.107. The monoisotopic (exact) mass is 195 g/mol. The molecular formula is C10H13NO3. The molecule has 1 unspecified atom stereocenters. The molecule has 2 rings (SSSR count). The van der Waals surface area contributed by atoms with Gasteiger partial charge in [0, 0.05) is 19.6 Å². The lowest BCUT2D eigenvalue weighted by Gasteiger charge is -2.01. The Bertz CT molecular complexity index is 302. The standard InChI is InChI=1S/C10H13NO3/c12-3-1-9-6-11-10(14-9)5-8-2-4-13-7-8/h3,6,8H,1-2,4-5,7H2. The number of carbonyl (C=O) groups is 1. The molecule has 14 heavy (non-hydrogen) atoms. The Morgan fingerprint density at radius 3 is 3.29 bits per heavy atom. The minimum Gasteiger partial charge on any atom is -0.445 e. The summed E-state index contributed by atoms with van der Waals surface area (Å²) in [6, 6.07) is 0. The predicted octanol–water partition coefficient (Wildman–Crippen LogP) is 0.995. The molecule has 0 saturated carbocycles. The van der Waals surface area contributed by atoms with Crippen LogP contribution in [0.5, 0.6) is 0 Å². The van der Waals surface area contributed by atoms with E-state index >= 15 is 0 Å². The fourth-order valence-corrected chi connectivity index (χ4v) is 1.61. The number of rotatable bonds is 4. The number of carbonyl (C=O) groups excluding carboxylic acids is 1. The molecule has 1 saturated heterocycles. The minimum atomic E-state index is 0.314. The Hall–Kier alpha value is -1.16. The average molecular weight is 195 g/mol. The van der Waals surface area contributed by atoms with E-state index < -0.39 is 0 Å². The number of oxazole rings is 1. The topological polar surface area (TPSA) is 52.3 Å². The molecule has 0 aromatic carbocycles. The van der Waals surface area contributed by atoms with Crippen LogP contribution in [-0.4, -0.2) is 24.5 Å². The first-order valence-corrected chi connectivity index (χ1v) is 4.83. The summed E-state index contributed by atoms with van der Waals surface area (Å²) < 4.78 is 10.6. The van der Waals surface area contributed by atoms with Crippen molar-refractivity contribution in [1.29, 1.82) is 0 Å². The summed E-state index contributed by atoms with van der Waals surface area (Å²) in [7, 11) is 0. The third-order valence-electron chi connectivity index (χ3n) is 2.37. The molecule has 0 aliphatic carbocycles. The molecule has 4 heteroatoms. The highest BCUT2D eigenvalue weighted by Crippen LogP contribution is 2.18. The zero-order valence-electron chi connectivity index (χ0n) is 7.94. The van der Waals surface area contributed by atoms with Gasteiger partial charge in [-0.05, 0) is 12.3 Å². The molecule has 1 aromatic rings. The third-order valence-corrected chi connectivity index (χ3v) is 2.37. The summed E-state index contributed by atoms with van der Waals surface area (Å²) in [6.07, 6.45) is 4.65. The average Bonchev–Trinajstić information content (AvgIpc) is 2.79. The Morgan fingerprint density at radius 1 is 1.64 bits per heavy atom. The molecule has 2 heterocycles. The van der Waals surface area contributed by atoms with E-state index in [4.69, 9.17) is 9.15 Å². The number of hydrogen-bond donors (Lipinski definition) is 0. The van der Waals surface area contributed by atoms with Gasteiger partial charge in [-0.15, -0.1) is 0 Å². The van der Waals surface area contributed by atoms with Gasteiger partial charge < -0.3 is 13.9 Å². The van der Waals surface area contributed by atoms with Crippen molar-refractivity contribution in [2.24, 2.45) is 5.92 Å². The summed E-state index contributed by atoms with van der Waals surface area (Å²) in [4.78, 5) is 14.3. The maximum Gasteiger partial charge on any atom is 0.194 e. The van der Waals surface area contributed by atoms with E-state index in [1.165, 1.54) is 0 Å². The summed E-state index contributed by atoms with van der Waals surface area (Å²) >= 11 is 0. The van der Waals surface area contributed by atoms with Gasteiger partial charge >= 0.3 is 0 Å². The van der Waals surface area contributed by atoms with Crippen LogP contribution in [0.15, 0.2) is 10.6 Å². The fourth-order valence-electron chi connectivity index (χ4n) is 1.61. The summed E-state index contributed by atoms with van der Waals surface area (Å²) in [6.45, 7) is 1.64. The van der Waals surface area contributed by atoms with Crippen LogP contribution in [0.2, 0.25) is 0 Å².